The number of nitrogens with zero attached hydrogens (tertiary/aromatic N) is 1. The Morgan fingerprint density at radius 1 is 1.00 bits per heavy atom. The van der Waals surface area contributed by atoms with Gasteiger partial charge in [0, 0.05) is 27.8 Å². The molecule has 3 rings (SSSR count). The zero-order valence-corrected chi connectivity index (χ0v) is 12.1. The number of pyridine rings is 1. The Balaban J connectivity index is 2.17. The SMILES string of the molecule is NC(c1cc(Cl)ccc1Cl)c1cccc2cnccc12. The summed E-state index contributed by atoms with van der Waals surface area (Å²) in [6, 6.07) is 13.0. The van der Waals surface area contributed by atoms with Crippen LogP contribution in [0.15, 0.2) is 54.9 Å². The van der Waals surface area contributed by atoms with Crippen LogP contribution in [0.1, 0.15) is 17.2 Å². The van der Waals surface area contributed by atoms with Gasteiger partial charge in [0.15, 0.2) is 0 Å². The summed E-state index contributed by atoms with van der Waals surface area (Å²) in [5.74, 6) is 0. The first kappa shape index (κ1) is 13.4. The molecule has 1 atom stereocenters. The van der Waals surface area contributed by atoms with Crippen LogP contribution >= 0.6 is 23.2 Å². The van der Waals surface area contributed by atoms with E-state index in [9.17, 15) is 0 Å². The van der Waals surface area contributed by atoms with Gasteiger partial charge in [-0.25, -0.2) is 0 Å². The molecule has 1 heterocycles. The zero-order valence-electron chi connectivity index (χ0n) is 10.6. The van der Waals surface area contributed by atoms with Crippen molar-refractivity contribution in [2.24, 2.45) is 5.73 Å². The van der Waals surface area contributed by atoms with Crippen LogP contribution in [0.4, 0.5) is 0 Å². The van der Waals surface area contributed by atoms with Crippen LogP contribution in [-0.4, -0.2) is 4.98 Å². The highest BCUT2D eigenvalue weighted by atomic mass is 35.5. The summed E-state index contributed by atoms with van der Waals surface area (Å²) in [5.41, 5.74) is 8.22. The Morgan fingerprint density at radius 2 is 1.85 bits per heavy atom. The number of aromatic nitrogens is 1. The average molecular weight is 303 g/mol. The minimum atomic E-state index is -0.327. The molecular formula is C16H12Cl2N2. The number of rotatable bonds is 2. The molecule has 0 aliphatic heterocycles. The Hall–Kier alpha value is -1.61. The molecular weight excluding hydrogens is 291 g/mol. The number of nitrogens with two attached hydrogens (primary N) is 1. The first-order chi connectivity index (χ1) is 9.66. The fourth-order valence-electron chi connectivity index (χ4n) is 2.34. The van der Waals surface area contributed by atoms with E-state index in [1.54, 1.807) is 18.3 Å². The molecule has 0 saturated heterocycles. The monoisotopic (exact) mass is 302 g/mol. The van der Waals surface area contributed by atoms with Crippen molar-refractivity contribution in [3.05, 3.63) is 76.0 Å². The number of fused-ring (bicyclic) bond motifs is 1. The average Bonchev–Trinajstić information content (AvgIpc) is 2.48. The van der Waals surface area contributed by atoms with Crippen molar-refractivity contribution in [3.8, 4) is 0 Å². The first-order valence-electron chi connectivity index (χ1n) is 6.20. The summed E-state index contributed by atoms with van der Waals surface area (Å²) < 4.78 is 0. The molecule has 0 aliphatic carbocycles. The highest BCUT2D eigenvalue weighted by Crippen LogP contribution is 2.32. The van der Waals surface area contributed by atoms with Gasteiger partial charge < -0.3 is 5.73 Å². The Labute approximate surface area is 127 Å². The molecule has 1 aromatic heterocycles. The van der Waals surface area contributed by atoms with Crippen molar-refractivity contribution in [1.29, 1.82) is 0 Å². The van der Waals surface area contributed by atoms with Gasteiger partial charge in [-0.1, -0.05) is 41.4 Å². The van der Waals surface area contributed by atoms with Gasteiger partial charge in [-0.3, -0.25) is 4.98 Å². The van der Waals surface area contributed by atoms with Gasteiger partial charge in [-0.05, 0) is 40.8 Å². The quantitative estimate of drug-likeness (QED) is 0.752. The number of benzene rings is 2. The number of halogens is 2. The third kappa shape index (κ3) is 2.38. The van der Waals surface area contributed by atoms with Crippen LogP contribution in [0.5, 0.6) is 0 Å². The minimum Gasteiger partial charge on any atom is -0.320 e. The van der Waals surface area contributed by atoms with E-state index in [2.05, 4.69) is 4.98 Å². The van der Waals surface area contributed by atoms with Gasteiger partial charge in [0.1, 0.15) is 0 Å². The van der Waals surface area contributed by atoms with Crippen molar-refractivity contribution < 1.29 is 0 Å². The van der Waals surface area contributed by atoms with E-state index < -0.39 is 0 Å². The molecule has 0 fully saturated rings. The van der Waals surface area contributed by atoms with Gasteiger partial charge in [0.05, 0.1) is 6.04 Å². The molecule has 1 unspecified atom stereocenters. The highest BCUT2D eigenvalue weighted by Gasteiger charge is 2.15. The topological polar surface area (TPSA) is 38.9 Å². The summed E-state index contributed by atoms with van der Waals surface area (Å²) in [4.78, 5) is 4.13. The van der Waals surface area contributed by atoms with Crippen LogP contribution in [0, 0.1) is 0 Å². The van der Waals surface area contributed by atoms with Crippen LogP contribution in [0.3, 0.4) is 0 Å². The molecule has 0 spiro atoms. The van der Waals surface area contributed by atoms with E-state index in [1.165, 1.54) is 0 Å². The third-order valence-electron chi connectivity index (χ3n) is 3.34. The van der Waals surface area contributed by atoms with Gasteiger partial charge in [-0.2, -0.15) is 0 Å². The predicted molar refractivity (Wildman–Crippen MR) is 84.2 cm³/mol. The Bertz CT molecular complexity index is 766. The molecule has 20 heavy (non-hydrogen) atoms. The molecule has 0 radical (unpaired) electrons. The molecule has 0 saturated carbocycles. The van der Waals surface area contributed by atoms with Crippen LogP contribution in [0.25, 0.3) is 10.8 Å². The fraction of sp³-hybridized carbons (Fsp3) is 0.0625. The minimum absolute atomic E-state index is 0.327. The third-order valence-corrected chi connectivity index (χ3v) is 3.92. The van der Waals surface area contributed by atoms with Gasteiger partial charge in [-0.15, -0.1) is 0 Å². The summed E-state index contributed by atoms with van der Waals surface area (Å²) in [5, 5.41) is 3.37. The van der Waals surface area contributed by atoms with Gasteiger partial charge >= 0.3 is 0 Å². The second kappa shape index (κ2) is 5.41. The molecule has 3 aromatic rings. The van der Waals surface area contributed by atoms with Crippen molar-refractivity contribution in [2.75, 3.05) is 0 Å². The lowest BCUT2D eigenvalue weighted by Crippen LogP contribution is -2.13. The summed E-state index contributed by atoms with van der Waals surface area (Å²) in [6.07, 6.45) is 3.59. The van der Waals surface area contributed by atoms with Crippen LogP contribution in [-0.2, 0) is 0 Å². The van der Waals surface area contributed by atoms with Gasteiger partial charge in [0.25, 0.3) is 0 Å². The number of hydrogen-bond donors (Lipinski definition) is 1. The Morgan fingerprint density at radius 3 is 2.70 bits per heavy atom. The van der Waals surface area contributed by atoms with E-state index >= 15 is 0 Å². The van der Waals surface area contributed by atoms with Crippen molar-refractivity contribution >= 4 is 34.0 Å². The molecule has 0 bridgehead atoms. The molecule has 4 heteroatoms. The summed E-state index contributed by atoms with van der Waals surface area (Å²) in [6.45, 7) is 0. The van der Waals surface area contributed by atoms with E-state index in [4.69, 9.17) is 28.9 Å². The molecule has 2 N–H and O–H groups in total. The summed E-state index contributed by atoms with van der Waals surface area (Å²) in [7, 11) is 0. The Kier molecular flexibility index (Phi) is 3.62. The maximum Gasteiger partial charge on any atom is 0.0573 e. The zero-order chi connectivity index (χ0) is 14.1. The first-order valence-corrected chi connectivity index (χ1v) is 6.95. The highest BCUT2D eigenvalue weighted by molar-refractivity contribution is 6.33. The lowest BCUT2D eigenvalue weighted by Gasteiger charge is -2.16. The van der Waals surface area contributed by atoms with E-state index in [-0.39, 0.29) is 6.04 Å². The van der Waals surface area contributed by atoms with Crippen LogP contribution in [0.2, 0.25) is 10.0 Å². The maximum absolute atomic E-state index is 6.39. The lowest BCUT2D eigenvalue weighted by molar-refractivity contribution is 0.881. The van der Waals surface area contributed by atoms with E-state index in [0.717, 1.165) is 21.9 Å². The predicted octanol–water partition coefficient (Wildman–Crippen LogP) is 4.59. The fourth-order valence-corrected chi connectivity index (χ4v) is 2.75. The second-order valence-corrected chi connectivity index (χ2v) is 5.43. The lowest BCUT2D eigenvalue weighted by atomic mass is 9.95. The van der Waals surface area contributed by atoms with Crippen molar-refractivity contribution in [1.82, 2.24) is 4.98 Å². The second-order valence-electron chi connectivity index (χ2n) is 4.59. The molecule has 2 aromatic carbocycles. The van der Waals surface area contributed by atoms with Crippen molar-refractivity contribution in [3.63, 3.8) is 0 Å². The molecule has 2 nitrogen and oxygen atoms in total. The molecule has 0 aliphatic rings. The van der Waals surface area contributed by atoms with Crippen molar-refractivity contribution in [2.45, 2.75) is 6.04 Å². The standard InChI is InChI=1S/C16H12Cl2N2/c17-11-4-5-15(18)14(8-11)16(19)13-3-1-2-10-9-20-7-6-12(10)13/h1-9,16H,19H2. The number of hydrogen-bond acceptors (Lipinski definition) is 2. The van der Waals surface area contributed by atoms with Crippen LogP contribution < -0.4 is 5.73 Å². The molecule has 100 valence electrons. The van der Waals surface area contributed by atoms with E-state index in [0.29, 0.717) is 10.0 Å². The molecule has 0 amide bonds. The normalized spacial score (nSPS) is 12.6. The van der Waals surface area contributed by atoms with E-state index in [1.807, 2.05) is 36.5 Å². The largest absolute Gasteiger partial charge is 0.320 e. The summed E-state index contributed by atoms with van der Waals surface area (Å²) >= 11 is 12.3. The maximum atomic E-state index is 6.39. The smallest absolute Gasteiger partial charge is 0.0573 e. The van der Waals surface area contributed by atoms with Gasteiger partial charge in [0.2, 0.25) is 0 Å².